The molecule has 0 saturated heterocycles. The zero-order valence-corrected chi connectivity index (χ0v) is 12.8. The van der Waals surface area contributed by atoms with Gasteiger partial charge < -0.3 is 5.32 Å². The third kappa shape index (κ3) is 5.04. The van der Waals surface area contributed by atoms with Crippen molar-refractivity contribution in [3.8, 4) is 0 Å². The summed E-state index contributed by atoms with van der Waals surface area (Å²) >= 11 is 3.38. The van der Waals surface area contributed by atoms with Crippen LogP contribution in [0, 0.1) is 5.82 Å². The third-order valence-corrected chi connectivity index (χ3v) is 4.44. The maximum atomic E-state index is 13.2. The van der Waals surface area contributed by atoms with E-state index < -0.39 is 9.84 Å². The molecule has 0 aromatic heterocycles. The lowest BCUT2D eigenvalue weighted by molar-refractivity contribution is 0.529. The van der Waals surface area contributed by atoms with Crippen LogP contribution in [0.15, 0.2) is 22.7 Å². The second-order valence-electron chi connectivity index (χ2n) is 4.28. The minimum atomic E-state index is -2.94. The SMILES string of the molecule is CNC(CCCS(C)(=O)=O)c1cc(F)ccc1Br. The fraction of sp³-hybridized carbons (Fsp3) is 0.500. The highest BCUT2D eigenvalue weighted by Crippen LogP contribution is 2.27. The van der Waals surface area contributed by atoms with E-state index >= 15 is 0 Å². The lowest BCUT2D eigenvalue weighted by Crippen LogP contribution is -2.18. The van der Waals surface area contributed by atoms with Crippen molar-refractivity contribution in [2.24, 2.45) is 0 Å². The van der Waals surface area contributed by atoms with Crippen LogP contribution in [0.4, 0.5) is 4.39 Å². The molecule has 0 fully saturated rings. The van der Waals surface area contributed by atoms with Gasteiger partial charge in [0.2, 0.25) is 0 Å². The van der Waals surface area contributed by atoms with Gasteiger partial charge in [0.15, 0.2) is 0 Å². The summed E-state index contributed by atoms with van der Waals surface area (Å²) in [5.74, 6) is -0.144. The molecule has 1 N–H and O–H groups in total. The topological polar surface area (TPSA) is 46.2 Å². The Kier molecular flexibility index (Phi) is 5.75. The average molecular weight is 338 g/mol. The first kappa shape index (κ1) is 15.6. The number of benzene rings is 1. The van der Waals surface area contributed by atoms with Crippen molar-refractivity contribution in [3.63, 3.8) is 0 Å². The zero-order chi connectivity index (χ0) is 13.8. The molecule has 1 aromatic carbocycles. The molecule has 102 valence electrons. The first-order valence-electron chi connectivity index (χ1n) is 5.63. The van der Waals surface area contributed by atoms with Gasteiger partial charge in [0, 0.05) is 22.5 Å². The van der Waals surface area contributed by atoms with Crippen molar-refractivity contribution in [2.45, 2.75) is 18.9 Å². The van der Waals surface area contributed by atoms with Gasteiger partial charge in [-0.2, -0.15) is 0 Å². The number of halogens is 2. The summed E-state index contributed by atoms with van der Waals surface area (Å²) in [5.41, 5.74) is 0.811. The van der Waals surface area contributed by atoms with Gasteiger partial charge in [0.25, 0.3) is 0 Å². The molecule has 0 bridgehead atoms. The molecule has 0 radical (unpaired) electrons. The molecule has 0 aliphatic rings. The molecule has 0 aliphatic carbocycles. The Morgan fingerprint density at radius 2 is 2.11 bits per heavy atom. The molecular formula is C12H17BrFNO2S. The van der Waals surface area contributed by atoms with Crippen LogP contribution in [0.25, 0.3) is 0 Å². The second-order valence-corrected chi connectivity index (χ2v) is 7.39. The van der Waals surface area contributed by atoms with Crippen LogP contribution < -0.4 is 5.32 Å². The van der Waals surface area contributed by atoms with Gasteiger partial charge in [-0.1, -0.05) is 15.9 Å². The smallest absolute Gasteiger partial charge is 0.147 e. The first-order chi connectivity index (χ1) is 8.33. The fourth-order valence-electron chi connectivity index (χ4n) is 1.79. The summed E-state index contributed by atoms with van der Waals surface area (Å²) in [6.07, 6.45) is 2.42. The molecule has 18 heavy (non-hydrogen) atoms. The van der Waals surface area contributed by atoms with E-state index in [1.807, 2.05) is 0 Å². The van der Waals surface area contributed by atoms with Gasteiger partial charge in [0.1, 0.15) is 15.7 Å². The molecule has 6 heteroatoms. The Morgan fingerprint density at radius 1 is 1.44 bits per heavy atom. The minimum Gasteiger partial charge on any atom is -0.313 e. The molecule has 0 heterocycles. The quantitative estimate of drug-likeness (QED) is 0.867. The molecule has 1 atom stereocenters. The summed E-state index contributed by atoms with van der Waals surface area (Å²) in [7, 11) is -1.16. The van der Waals surface area contributed by atoms with Crippen molar-refractivity contribution in [1.29, 1.82) is 0 Å². The molecular weight excluding hydrogens is 321 g/mol. The van der Waals surface area contributed by atoms with Crippen molar-refractivity contribution < 1.29 is 12.8 Å². The van der Waals surface area contributed by atoms with Gasteiger partial charge >= 0.3 is 0 Å². The largest absolute Gasteiger partial charge is 0.313 e. The van der Waals surface area contributed by atoms with Crippen LogP contribution in [0.3, 0.4) is 0 Å². The molecule has 0 spiro atoms. The standard InChI is InChI=1S/C12H17BrFNO2S/c1-15-12(4-3-7-18(2,16)17)10-8-9(14)5-6-11(10)13/h5-6,8,12,15H,3-4,7H2,1-2H3. The highest BCUT2D eigenvalue weighted by atomic mass is 79.9. The van der Waals surface area contributed by atoms with E-state index in [1.54, 1.807) is 13.1 Å². The van der Waals surface area contributed by atoms with Crippen LogP contribution in [-0.2, 0) is 9.84 Å². The maximum Gasteiger partial charge on any atom is 0.147 e. The Labute approximate surface area is 116 Å². The molecule has 0 saturated carbocycles. The molecule has 1 aromatic rings. The zero-order valence-electron chi connectivity index (χ0n) is 10.4. The van der Waals surface area contributed by atoms with E-state index in [9.17, 15) is 12.8 Å². The van der Waals surface area contributed by atoms with Crippen LogP contribution in [0.5, 0.6) is 0 Å². The fourth-order valence-corrected chi connectivity index (χ4v) is 3.00. The molecule has 0 amide bonds. The minimum absolute atomic E-state index is 0.0585. The third-order valence-electron chi connectivity index (χ3n) is 2.69. The van der Waals surface area contributed by atoms with Crippen LogP contribution in [0.2, 0.25) is 0 Å². The number of sulfone groups is 1. The van der Waals surface area contributed by atoms with Crippen molar-refractivity contribution in [3.05, 3.63) is 34.1 Å². The number of nitrogens with one attached hydrogen (secondary N) is 1. The summed E-state index contributed by atoms with van der Waals surface area (Å²) in [6.45, 7) is 0. The Morgan fingerprint density at radius 3 is 2.67 bits per heavy atom. The maximum absolute atomic E-state index is 13.2. The summed E-state index contributed by atoms with van der Waals surface area (Å²) in [5, 5.41) is 3.08. The summed E-state index contributed by atoms with van der Waals surface area (Å²) in [6, 6.07) is 4.45. The average Bonchev–Trinajstić information content (AvgIpc) is 2.27. The molecule has 0 aliphatic heterocycles. The van der Waals surface area contributed by atoms with E-state index in [2.05, 4.69) is 21.2 Å². The van der Waals surface area contributed by atoms with Crippen molar-refractivity contribution in [1.82, 2.24) is 5.32 Å². The summed E-state index contributed by atoms with van der Waals surface area (Å²) < 4.78 is 36.2. The van der Waals surface area contributed by atoms with Gasteiger partial charge in [-0.15, -0.1) is 0 Å². The van der Waals surface area contributed by atoms with Crippen LogP contribution in [0.1, 0.15) is 24.4 Å². The van der Waals surface area contributed by atoms with E-state index in [-0.39, 0.29) is 17.6 Å². The van der Waals surface area contributed by atoms with E-state index in [1.165, 1.54) is 18.4 Å². The number of rotatable bonds is 6. The Hall–Kier alpha value is -0.460. The number of hydrogen-bond donors (Lipinski definition) is 1. The van der Waals surface area contributed by atoms with Gasteiger partial charge in [-0.25, -0.2) is 12.8 Å². The Balaban J connectivity index is 2.74. The van der Waals surface area contributed by atoms with E-state index in [0.29, 0.717) is 12.8 Å². The normalized spacial score (nSPS) is 13.6. The lowest BCUT2D eigenvalue weighted by atomic mass is 10.0. The summed E-state index contributed by atoms with van der Waals surface area (Å²) in [4.78, 5) is 0. The highest BCUT2D eigenvalue weighted by molar-refractivity contribution is 9.10. The van der Waals surface area contributed by atoms with E-state index in [0.717, 1.165) is 10.0 Å². The van der Waals surface area contributed by atoms with Crippen molar-refractivity contribution in [2.75, 3.05) is 19.1 Å². The predicted octanol–water partition coefficient (Wildman–Crippen LogP) is 2.67. The highest BCUT2D eigenvalue weighted by Gasteiger charge is 2.14. The second kappa shape index (κ2) is 6.63. The van der Waals surface area contributed by atoms with Crippen LogP contribution in [-0.4, -0.2) is 27.5 Å². The van der Waals surface area contributed by atoms with Crippen molar-refractivity contribution >= 4 is 25.8 Å². The lowest BCUT2D eigenvalue weighted by Gasteiger charge is -2.18. The monoisotopic (exact) mass is 337 g/mol. The van der Waals surface area contributed by atoms with Gasteiger partial charge in [0.05, 0.1) is 0 Å². The molecule has 3 nitrogen and oxygen atoms in total. The Bertz CT molecular complexity index is 505. The molecule has 1 unspecified atom stereocenters. The molecule has 1 rings (SSSR count). The predicted molar refractivity (Wildman–Crippen MR) is 74.8 cm³/mol. The van der Waals surface area contributed by atoms with Crippen LogP contribution >= 0.6 is 15.9 Å². The van der Waals surface area contributed by atoms with Gasteiger partial charge in [-0.3, -0.25) is 0 Å². The van der Waals surface area contributed by atoms with E-state index in [4.69, 9.17) is 0 Å². The van der Waals surface area contributed by atoms with Gasteiger partial charge in [-0.05, 0) is 43.7 Å². The number of hydrogen-bond acceptors (Lipinski definition) is 3. The first-order valence-corrected chi connectivity index (χ1v) is 8.49.